The van der Waals surface area contributed by atoms with Gasteiger partial charge in [0.15, 0.2) is 0 Å². The minimum absolute atomic E-state index is 0.0580. The molecule has 5 nitrogen and oxygen atoms in total. The lowest BCUT2D eigenvalue weighted by molar-refractivity contribution is -0.150. The summed E-state index contributed by atoms with van der Waals surface area (Å²) in [5.41, 5.74) is 0. The maximum Gasteiger partial charge on any atom is 0.410 e. The summed E-state index contributed by atoms with van der Waals surface area (Å²) >= 11 is 5.55. The van der Waals surface area contributed by atoms with Crippen molar-refractivity contribution in [1.82, 2.24) is 4.90 Å². The SMILES string of the molecule is CCCCCCCCCCCCCCCCOC(=O)C(C(C)C)N(C)C(=O)OCCCl. The Hall–Kier alpha value is -0.970. The summed E-state index contributed by atoms with van der Waals surface area (Å²) in [4.78, 5) is 25.8. The van der Waals surface area contributed by atoms with Crippen LogP contribution in [0.25, 0.3) is 0 Å². The largest absolute Gasteiger partial charge is 0.464 e. The molecule has 0 spiro atoms. The number of unbranched alkanes of at least 4 members (excludes halogenated alkanes) is 13. The fourth-order valence-electron chi connectivity index (χ4n) is 3.77. The van der Waals surface area contributed by atoms with Crippen LogP contribution in [0.5, 0.6) is 0 Å². The third-order valence-corrected chi connectivity index (χ3v) is 5.78. The third kappa shape index (κ3) is 16.3. The van der Waals surface area contributed by atoms with E-state index in [-0.39, 0.29) is 24.4 Å². The van der Waals surface area contributed by atoms with Crippen molar-refractivity contribution in [2.24, 2.45) is 5.92 Å². The smallest absolute Gasteiger partial charge is 0.410 e. The highest BCUT2D eigenvalue weighted by Gasteiger charge is 2.32. The second-order valence-electron chi connectivity index (χ2n) is 8.87. The Labute approximate surface area is 196 Å². The maximum absolute atomic E-state index is 12.4. The molecule has 0 saturated heterocycles. The Kier molecular flexibility index (Phi) is 20.3. The van der Waals surface area contributed by atoms with E-state index >= 15 is 0 Å². The summed E-state index contributed by atoms with van der Waals surface area (Å²) in [6, 6.07) is -0.644. The first-order valence-corrected chi connectivity index (χ1v) is 13.1. The van der Waals surface area contributed by atoms with Crippen molar-refractivity contribution in [3.05, 3.63) is 0 Å². The number of esters is 1. The maximum atomic E-state index is 12.4. The Morgan fingerprint density at radius 3 is 1.61 bits per heavy atom. The first-order chi connectivity index (χ1) is 15.0. The second-order valence-corrected chi connectivity index (χ2v) is 9.24. The number of halogens is 1. The van der Waals surface area contributed by atoms with Crippen molar-refractivity contribution >= 4 is 23.7 Å². The molecule has 0 bridgehead atoms. The second kappa shape index (κ2) is 20.9. The van der Waals surface area contributed by atoms with Gasteiger partial charge in [-0.25, -0.2) is 9.59 Å². The van der Waals surface area contributed by atoms with Gasteiger partial charge in [-0.15, -0.1) is 11.6 Å². The molecule has 0 heterocycles. The molecule has 0 N–H and O–H groups in total. The third-order valence-electron chi connectivity index (χ3n) is 5.62. The van der Waals surface area contributed by atoms with E-state index in [2.05, 4.69) is 6.92 Å². The highest BCUT2D eigenvalue weighted by atomic mass is 35.5. The number of alkyl halides is 1. The van der Waals surface area contributed by atoms with Crippen molar-refractivity contribution in [3.63, 3.8) is 0 Å². The van der Waals surface area contributed by atoms with Crippen molar-refractivity contribution in [2.75, 3.05) is 26.1 Å². The predicted molar refractivity (Wildman–Crippen MR) is 130 cm³/mol. The molecule has 1 amide bonds. The number of carbonyl (C=O) groups is 2. The van der Waals surface area contributed by atoms with Gasteiger partial charge in [-0.3, -0.25) is 4.90 Å². The van der Waals surface area contributed by atoms with Crippen LogP contribution in [0, 0.1) is 5.92 Å². The number of carbonyl (C=O) groups excluding carboxylic acids is 2. The molecule has 0 fully saturated rings. The molecule has 0 aromatic carbocycles. The van der Waals surface area contributed by atoms with Crippen LogP contribution in [-0.2, 0) is 14.3 Å². The van der Waals surface area contributed by atoms with Crippen LogP contribution < -0.4 is 0 Å². The highest BCUT2D eigenvalue weighted by Crippen LogP contribution is 2.15. The van der Waals surface area contributed by atoms with E-state index in [0.29, 0.717) is 6.61 Å². The van der Waals surface area contributed by atoms with Crippen LogP contribution in [-0.4, -0.2) is 49.1 Å². The summed E-state index contributed by atoms with van der Waals surface area (Å²) in [7, 11) is 1.56. The van der Waals surface area contributed by atoms with Gasteiger partial charge in [0.2, 0.25) is 0 Å². The fraction of sp³-hybridized carbons (Fsp3) is 0.920. The average Bonchev–Trinajstić information content (AvgIpc) is 2.74. The number of amides is 1. The average molecular weight is 462 g/mol. The molecule has 0 aromatic rings. The number of nitrogens with zero attached hydrogens (tertiary/aromatic N) is 1. The van der Waals surface area contributed by atoms with Crippen LogP contribution in [0.4, 0.5) is 4.79 Å². The highest BCUT2D eigenvalue weighted by molar-refractivity contribution is 6.18. The van der Waals surface area contributed by atoms with Gasteiger partial charge in [-0.1, -0.05) is 104 Å². The van der Waals surface area contributed by atoms with Crippen molar-refractivity contribution < 1.29 is 19.1 Å². The van der Waals surface area contributed by atoms with E-state index in [1.165, 1.54) is 81.9 Å². The number of rotatable bonds is 20. The zero-order chi connectivity index (χ0) is 23.3. The zero-order valence-corrected chi connectivity index (χ0v) is 21.4. The number of hydrogen-bond acceptors (Lipinski definition) is 4. The molecule has 0 aliphatic rings. The standard InChI is InChI=1S/C25H48ClNO4/c1-5-6-7-8-9-10-11-12-13-14-15-16-17-18-20-30-24(28)23(22(2)3)27(4)25(29)31-21-19-26/h22-23H,5-21H2,1-4H3. The zero-order valence-electron chi connectivity index (χ0n) is 20.6. The van der Waals surface area contributed by atoms with E-state index in [0.717, 1.165) is 12.8 Å². The summed E-state index contributed by atoms with van der Waals surface area (Å²) in [6.07, 6.45) is 17.6. The Morgan fingerprint density at radius 1 is 0.742 bits per heavy atom. The van der Waals surface area contributed by atoms with Crippen LogP contribution in [0.1, 0.15) is 111 Å². The molecule has 0 rings (SSSR count). The molecule has 1 atom stereocenters. The van der Waals surface area contributed by atoms with E-state index in [1.54, 1.807) is 7.05 Å². The van der Waals surface area contributed by atoms with E-state index in [9.17, 15) is 9.59 Å². The monoisotopic (exact) mass is 461 g/mol. The van der Waals surface area contributed by atoms with Gasteiger partial charge in [0.05, 0.1) is 12.5 Å². The van der Waals surface area contributed by atoms with Gasteiger partial charge in [0, 0.05) is 7.05 Å². The molecule has 0 radical (unpaired) electrons. The minimum atomic E-state index is -0.644. The lowest BCUT2D eigenvalue weighted by atomic mass is 10.0. The summed E-state index contributed by atoms with van der Waals surface area (Å²) in [5, 5.41) is 0. The molecule has 0 aromatic heterocycles. The first kappa shape index (κ1) is 30.0. The van der Waals surface area contributed by atoms with Gasteiger partial charge in [-0.05, 0) is 12.3 Å². The molecule has 31 heavy (non-hydrogen) atoms. The first-order valence-electron chi connectivity index (χ1n) is 12.6. The van der Waals surface area contributed by atoms with Crippen molar-refractivity contribution in [3.8, 4) is 0 Å². The molecular weight excluding hydrogens is 414 g/mol. The van der Waals surface area contributed by atoms with Crippen LogP contribution in [0.3, 0.4) is 0 Å². The van der Waals surface area contributed by atoms with Crippen molar-refractivity contribution in [2.45, 2.75) is 117 Å². The van der Waals surface area contributed by atoms with Crippen LogP contribution in [0.2, 0.25) is 0 Å². The quantitative estimate of drug-likeness (QED) is 0.108. The lowest BCUT2D eigenvalue weighted by Gasteiger charge is -2.28. The van der Waals surface area contributed by atoms with Crippen molar-refractivity contribution in [1.29, 1.82) is 0 Å². The predicted octanol–water partition coefficient (Wildman–Crippen LogP) is 7.34. The van der Waals surface area contributed by atoms with E-state index in [1.807, 2.05) is 13.8 Å². The Balaban J connectivity index is 3.73. The fourth-order valence-corrected chi connectivity index (χ4v) is 3.85. The van der Waals surface area contributed by atoms with Gasteiger partial charge >= 0.3 is 12.1 Å². The number of hydrogen-bond donors (Lipinski definition) is 0. The van der Waals surface area contributed by atoms with E-state index in [4.69, 9.17) is 21.1 Å². The molecular formula is C25H48ClNO4. The molecule has 0 saturated carbocycles. The molecule has 1 unspecified atom stereocenters. The van der Waals surface area contributed by atoms with E-state index < -0.39 is 12.1 Å². The van der Waals surface area contributed by atoms with Gasteiger partial charge in [0.1, 0.15) is 12.6 Å². The molecule has 0 aliphatic carbocycles. The topological polar surface area (TPSA) is 55.8 Å². The normalized spacial score (nSPS) is 12.1. The summed E-state index contributed by atoms with van der Waals surface area (Å²) in [5.74, 6) is -0.192. The summed E-state index contributed by atoms with van der Waals surface area (Å²) < 4.78 is 10.4. The molecule has 184 valence electrons. The van der Waals surface area contributed by atoms with Gasteiger partial charge in [-0.2, -0.15) is 0 Å². The van der Waals surface area contributed by atoms with Crippen LogP contribution in [0.15, 0.2) is 0 Å². The lowest BCUT2D eigenvalue weighted by Crippen LogP contribution is -2.47. The minimum Gasteiger partial charge on any atom is -0.464 e. The van der Waals surface area contributed by atoms with Crippen LogP contribution >= 0.6 is 11.6 Å². The van der Waals surface area contributed by atoms with Gasteiger partial charge < -0.3 is 9.47 Å². The summed E-state index contributed by atoms with van der Waals surface area (Å²) in [6.45, 7) is 6.58. The van der Waals surface area contributed by atoms with Gasteiger partial charge in [0.25, 0.3) is 0 Å². The molecule has 6 heteroatoms. The number of likely N-dealkylation sites (N-methyl/N-ethyl adjacent to an activating group) is 1. The Morgan fingerprint density at radius 2 is 1.19 bits per heavy atom. The molecule has 0 aliphatic heterocycles. The number of ether oxygens (including phenoxy) is 2. The Bertz CT molecular complexity index is 445.